The molecule has 72 valence electrons. The second-order valence-electron chi connectivity index (χ2n) is 2.75. The van der Waals surface area contributed by atoms with Gasteiger partial charge in [0.1, 0.15) is 0 Å². The molecule has 1 N–H and O–H groups in total. The highest BCUT2D eigenvalue weighted by Crippen LogP contribution is 2.16. The summed E-state index contributed by atoms with van der Waals surface area (Å²) in [6.07, 6.45) is 1.75. The van der Waals surface area contributed by atoms with Crippen LogP contribution in [0.25, 0.3) is 0 Å². The zero-order chi connectivity index (χ0) is 9.80. The first kappa shape index (κ1) is 9.43. The zero-order valence-electron chi connectivity index (χ0n) is 7.27. The van der Waals surface area contributed by atoms with Gasteiger partial charge in [-0.05, 0) is 29.7 Å². The number of rotatable bonds is 3. The maximum atomic E-state index is 5.84. The Morgan fingerprint density at radius 2 is 2.36 bits per heavy atom. The molecular formula is C9H8ClN3S. The Morgan fingerprint density at radius 1 is 1.43 bits per heavy atom. The second-order valence-corrected chi connectivity index (χ2v) is 4.05. The predicted molar refractivity (Wildman–Crippen MR) is 58.7 cm³/mol. The van der Waals surface area contributed by atoms with Gasteiger partial charge in [0.2, 0.25) is 0 Å². The van der Waals surface area contributed by atoms with Crippen molar-refractivity contribution in [3.63, 3.8) is 0 Å². The van der Waals surface area contributed by atoms with Crippen LogP contribution in [-0.4, -0.2) is 9.59 Å². The Kier molecular flexibility index (Phi) is 2.96. The maximum Gasteiger partial charge on any atom is 0.0671 e. The summed E-state index contributed by atoms with van der Waals surface area (Å²) in [7, 11) is 0. The number of anilines is 1. The van der Waals surface area contributed by atoms with Gasteiger partial charge in [0.15, 0.2) is 0 Å². The van der Waals surface area contributed by atoms with Crippen LogP contribution in [0.1, 0.15) is 4.88 Å². The molecule has 0 aliphatic carbocycles. The van der Waals surface area contributed by atoms with E-state index in [0.717, 1.165) is 22.1 Å². The highest BCUT2D eigenvalue weighted by atomic mass is 35.5. The molecule has 0 unspecified atom stereocenters. The van der Waals surface area contributed by atoms with Crippen LogP contribution >= 0.6 is 23.1 Å². The van der Waals surface area contributed by atoms with Crippen molar-refractivity contribution in [2.75, 3.05) is 5.32 Å². The van der Waals surface area contributed by atoms with Gasteiger partial charge in [0.25, 0.3) is 0 Å². The normalized spacial score (nSPS) is 10.1. The van der Waals surface area contributed by atoms with Crippen LogP contribution in [0.2, 0.25) is 5.02 Å². The summed E-state index contributed by atoms with van der Waals surface area (Å²) in [5.41, 5.74) is 1.01. The van der Waals surface area contributed by atoms with E-state index in [1.165, 1.54) is 11.5 Å². The molecule has 0 radical (unpaired) electrons. The molecule has 1 heterocycles. The van der Waals surface area contributed by atoms with Crippen molar-refractivity contribution in [2.45, 2.75) is 6.54 Å². The van der Waals surface area contributed by atoms with E-state index >= 15 is 0 Å². The smallest absolute Gasteiger partial charge is 0.0671 e. The largest absolute Gasteiger partial charge is 0.380 e. The van der Waals surface area contributed by atoms with Crippen molar-refractivity contribution >= 4 is 28.8 Å². The van der Waals surface area contributed by atoms with Crippen LogP contribution in [0, 0.1) is 0 Å². The van der Waals surface area contributed by atoms with Gasteiger partial charge >= 0.3 is 0 Å². The molecule has 0 fully saturated rings. The van der Waals surface area contributed by atoms with Crippen molar-refractivity contribution in [1.82, 2.24) is 9.59 Å². The Labute approximate surface area is 90.9 Å². The fraction of sp³-hybridized carbons (Fsp3) is 0.111. The number of benzene rings is 1. The number of hydrogen-bond donors (Lipinski definition) is 1. The van der Waals surface area contributed by atoms with Gasteiger partial charge in [-0.3, -0.25) is 0 Å². The predicted octanol–water partition coefficient (Wildman–Crippen LogP) is 2.80. The van der Waals surface area contributed by atoms with E-state index in [4.69, 9.17) is 11.6 Å². The van der Waals surface area contributed by atoms with Crippen molar-refractivity contribution in [3.8, 4) is 0 Å². The molecule has 1 aromatic carbocycles. The van der Waals surface area contributed by atoms with Crippen molar-refractivity contribution in [3.05, 3.63) is 40.4 Å². The molecule has 3 nitrogen and oxygen atoms in total. The number of hydrogen-bond acceptors (Lipinski definition) is 4. The summed E-state index contributed by atoms with van der Waals surface area (Å²) < 4.78 is 3.78. The minimum absolute atomic E-state index is 0.734. The van der Waals surface area contributed by atoms with Gasteiger partial charge in [-0.15, -0.1) is 5.10 Å². The molecule has 0 spiro atoms. The molecule has 0 aliphatic rings. The number of halogens is 1. The van der Waals surface area contributed by atoms with Crippen LogP contribution in [0.4, 0.5) is 5.69 Å². The van der Waals surface area contributed by atoms with Crippen molar-refractivity contribution in [2.24, 2.45) is 0 Å². The summed E-state index contributed by atoms with van der Waals surface area (Å²) in [6.45, 7) is 0.734. The molecule has 14 heavy (non-hydrogen) atoms. The van der Waals surface area contributed by atoms with Crippen molar-refractivity contribution < 1.29 is 0 Å². The molecule has 5 heteroatoms. The molecule has 0 amide bonds. The second kappa shape index (κ2) is 4.39. The van der Waals surface area contributed by atoms with Crippen LogP contribution in [-0.2, 0) is 6.54 Å². The van der Waals surface area contributed by atoms with E-state index < -0.39 is 0 Å². The molecule has 0 bridgehead atoms. The first-order chi connectivity index (χ1) is 6.84. The van der Waals surface area contributed by atoms with Crippen LogP contribution < -0.4 is 5.32 Å². The van der Waals surface area contributed by atoms with E-state index in [9.17, 15) is 0 Å². The molecule has 0 aliphatic heterocycles. The molecule has 1 aromatic heterocycles. The highest BCUT2D eigenvalue weighted by Gasteiger charge is 1.96. The van der Waals surface area contributed by atoms with Gasteiger partial charge in [0, 0.05) is 10.7 Å². The first-order valence-corrected chi connectivity index (χ1v) is 5.25. The van der Waals surface area contributed by atoms with Crippen LogP contribution in [0.5, 0.6) is 0 Å². The van der Waals surface area contributed by atoms with E-state index in [1.807, 2.05) is 24.3 Å². The Hall–Kier alpha value is -1.13. The Bertz CT molecular complexity index is 402. The molecule has 2 rings (SSSR count). The number of aromatic nitrogens is 2. The number of nitrogens with one attached hydrogen (secondary N) is 1. The minimum atomic E-state index is 0.734. The van der Waals surface area contributed by atoms with Crippen LogP contribution in [0.15, 0.2) is 30.5 Å². The first-order valence-electron chi connectivity index (χ1n) is 4.10. The monoisotopic (exact) mass is 225 g/mol. The molecule has 0 atom stereocenters. The lowest BCUT2D eigenvalue weighted by Gasteiger charge is -2.03. The summed E-state index contributed by atoms with van der Waals surface area (Å²) >= 11 is 7.23. The topological polar surface area (TPSA) is 37.8 Å². The third-order valence-electron chi connectivity index (χ3n) is 1.70. The quantitative estimate of drug-likeness (QED) is 0.873. The average molecular weight is 226 g/mol. The van der Waals surface area contributed by atoms with E-state index in [2.05, 4.69) is 14.9 Å². The third kappa shape index (κ3) is 2.43. The summed E-state index contributed by atoms with van der Waals surface area (Å²) in [4.78, 5) is 1.10. The molecule has 0 saturated carbocycles. The SMILES string of the molecule is Clc1cccc(NCc2cnns2)c1. The number of nitrogens with zero attached hydrogens (tertiary/aromatic N) is 2. The maximum absolute atomic E-state index is 5.84. The fourth-order valence-electron chi connectivity index (χ4n) is 1.05. The van der Waals surface area contributed by atoms with Crippen LogP contribution in [0.3, 0.4) is 0 Å². The summed E-state index contributed by atoms with van der Waals surface area (Å²) in [5, 5.41) is 7.72. The van der Waals surface area contributed by atoms with E-state index in [-0.39, 0.29) is 0 Å². The standard InChI is InChI=1S/C9H8ClN3S/c10-7-2-1-3-8(4-7)11-5-9-6-12-13-14-9/h1-4,6,11H,5H2. The lowest BCUT2D eigenvalue weighted by Crippen LogP contribution is -1.96. The summed E-state index contributed by atoms with van der Waals surface area (Å²) in [5.74, 6) is 0. The lowest BCUT2D eigenvalue weighted by atomic mass is 10.3. The van der Waals surface area contributed by atoms with E-state index in [0.29, 0.717) is 0 Å². The van der Waals surface area contributed by atoms with Gasteiger partial charge in [-0.1, -0.05) is 22.2 Å². The molecule has 2 aromatic rings. The fourth-order valence-corrected chi connectivity index (χ4v) is 1.67. The van der Waals surface area contributed by atoms with E-state index in [1.54, 1.807) is 6.20 Å². The van der Waals surface area contributed by atoms with Crippen molar-refractivity contribution in [1.29, 1.82) is 0 Å². The molecular weight excluding hydrogens is 218 g/mol. The third-order valence-corrected chi connectivity index (χ3v) is 2.59. The average Bonchev–Trinajstić information content (AvgIpc) is 2.67. The zero-order valence-corrected chi connectivity index (χ0v) is 8.85. The van der Waals surface area contributed by atoms with Gasteiger partial charge in [-0.25, -0.2) is 0 Å². The Balaban J connectivity index is 1.98. The minimum Gasteiger partial charge on any atom is -0.380 e. The summed E-state index contributed by atoms with van der Waals surface area (Å²) in [6, 6.07) is 7.62. The van der Waals surface area contributed by atoms with Gasteiger partial charge < -0.3 is 5.32 Å². The lowest BCUT2D eigenvalue weighted by molar-refractivity contribution is 1.12. The highest BCUT2D eigenvalue weighted by molar-refractivity contribution is 7.05. The van der Waals surface area contributed by atoms with Gasteiger partial charge in [0.05, 0.1) is 17.6 Å². The molecule has 0 saturated heterocycles. The Morgan fingerprint density at radius 3 is 3.07 bits per heavy atom. The van der Waals surface area contributed by atoms with Gasteiger partial charge in [-0.2, -0.15) is 0 Å².